The Morgan fingerprint density at radius 3 is 1.02 bits per heavy atom. The second kappa shape index (κ2) is 19.5. The van der Waals surface area contributed by atoms with Crippen LogP contribution in [0.3, 0.4) is 0 Å². The van der Waals surface area contributed by atoms with Gasteiger partial charge >= 0.3 is 24.8 Å². The van der Waals surface area contributed by atoms with Crippen molar-refractivity contribution in [3.8, 4) is 67.5 Å². The summed E-state index contributed by atoms with van der Waals surface area (Å²) in [5.74, 6) is -0.347. The molecular weight excluding hydrogens is 837 g/mol. The third-order valence-electron chi connectivity index (χ3n) is 7.82. The van der Waals surface area contributed by atoms with E-state index in [1.165, 1.54) is 28.4 Å². The summed E-state index contributed by atoms with van der Waals surface area (Å²) >= 11 is 9.96. The Morgan fingerprint density at radius 1 is 0.453 bits per heavy atom. The van der Waals surface area contributed by atoms with Crippen LogP contribution in [0.5, 0.6) is 23.0 Å². The predicted octanol–water partition coefficient (Wildman–Crippen LogP) is 12.3. The number of nitrogens with zero attached hydrogens (tertiary/aromatic N) is 1. The van der Waals surface area contributed by atoms with Crippen LogP contribution >= 0.6 is 44.7 Å². The zero-order chi connectivity index (χ0) is 38.7. The standard InChI is InChI=1S/C20H14Br2F2O2.C20H16F2O2.BHNS/c1-25-17-7-3-11(21)9-13(17)19-15(23)5-6-16(24)20(19)14-10-12(22)4-8-18(14)26-2;1-23-17-9-5-3-7-13(17)19-15(21)11-12-16(22)20(19)14-8-4-6-10-18(14)24-2;1-2-3/h3-10H,1-2H3;3-12H,1-2H3;3H. The average Bonchev–Trinajstić information content (AvgIpc) is 3.17. The Hall–Kier alpha value is -4.59. The second-order valence-corrected chi connectivity index (χ2v) is 12.8. The number of thiol groups is 1. The van der Waals surface area contributed by atoms with Crippen LogP contribution in [0, 0.1) is 23.3 Å². The van der Waals surface area contributed by atoms with Crippen molar-refractivity contribution < 1.29 is 36.5 Å². The number of para-hydroxylation sites is 2. The SMILES string of the molecule is COc1ccc(Br)cc1-c1c(F)ccc(F)c1-c1cc(Br)ccc1OC.COc1ccccc1-c1c(F)ccc(F)c1-c1ccccc1OC.[B]=NS. The second-order valence-electron chi connectivity index (χ2n) is 10.8. The molecule has 6 aromatic rings. The summed E-state index contributed by atoms with van der Waals surface area (Å²) in [6.07, 6.45) is 0. The molecule has 0 aliphatic heterocycles. The molecule has 6 aromatic carbocycles. The third kappa shape index (κ3) is 9.51. The van der Waals surface area contributed by atoms with Gasteiger partial charge in [0.15, 0.2) is 0 Å². The van der Waals surface area contributed by atoms with E-state index in [1.807, 2.05) is 0 Å². The Bertz CT molecular complexity index is 2080. The Balaban J connectivity index is 0.000000221. The van der Waals surface area contributed by atoms with Gasteiger partial charge in [0.25, 0.3) is 0 Å². The van der Waals surface area contributed by atoms with Crippen molar-refractivity contribution in [3.05, 3.63) is 141 Å². The molecule has 1 radical (unpaired) electrons. The maximum absolute atomic E-state index is 14.9. The molecule has 0 N–H and O–H groups in total. The zero-order valence-electron chi connectivity index (χ0n) is 28.8. The summed E-state index contributed by atoms with van der Waals surface area (Å²) in [5.41, 5.74) is 2.37. The molecule has 5 nitrogen and oxygen atoms in total. The number of hydrogen-bond acceptors (Lipinski definition) is 6. The number of hydrogen-bond donors (Lipinski definition) is 1. The van der Waals surface area contributed by atoms with E-state index in [4.69, 9.17) is 18.9 Å². The number of ether oxygens (including phenoxy) is 4. The zero-order valence-corrected chi connectivity index (χ0v) is 32.8. The summed E-state index contributed by atoms with van der Waals surface area (Å²) in [6, 6.07) is 28.7. The predicted molar refractivity (Wildman–Crippen MR) is 213 cm³/mol. The summed E-state index contributed by atoms with van der Waals surface area (Å²) in [4.78, 5) is 0. The normalized spacial score (nSPS) is 10.2. The first-order valence-corrected chi connectivity index (χ1v) is 17.5. The third-order valence-corrected chi connectivity index (χ3v) is 8.81. The number of methoxy groups -OCH3 is 4. The van der Waals surface area contributed by atoms with Gasteiger partial charge in [-0.2, -0.15) is 0 Å². The van der Waals surface area contributed by atoms with Crippen LogP contribution in [0.1, 0.15) is 0 Å². The Morgan fingerprint density at radius 2 is 0.717 bits per heavy atom. The summed E-state index contributed by atoms with van der Waals surface area (Å²) < 4.78 is 84.7. The number of halogens is 6. The molecule has 0 saturated heterocycles. The minimum absolute atomic E-state index is 0.111. The van der Waals surface area contributed by atoms with Gasteiger partial charge in [-0.25, -0.2) is 17.6 Å². The first-order valence-electron chi connectivity index (χ1n) is 15.5. The topological polar surface area (TPSA) is 49.3 Å². The monoisotopic (exact) mass is 866 g/mol. The van der Waals surface area contributed by atoms with Crippen molar-refractivity contribution in [2.45, 2.75) is 0 Å². The molecule has 0 aliphatic rings. The molecular formula is C40H31BBr2F4NO4S. The fraction of sp³-hybridized carbons (Fsp3) is 0.100. The fourth-order valence-corrected chi connectivity index (χ4v) is 6.33. The number of rotatable bonds is 8. The molecule has 0 saturated carbocycles. The fourth-order valence-electron chi connectivity index (χ4n) is 5.61. The maximum atomic E-state index is 14.9. The van der Waals surface area contributed by atoms with E-state index in [0.29, 0.717) is 45.3 Å². The number of benzene rings is 6. The van der Waals surface area contributed by atoms with Gasteiger partial charge in [0, 0.05) is 53.5 Å². The first-order chi connectivity index (χ1) is 25.5. The van der Waals surface area contributed by atoms with Gasteiger partial charge in [0.05, 0.1) is 28.4 Å². The molecule has 13 heteroatoms. The van der Waals surface area contributed by atoms with Crippen LogP contribution in [0.15, 0.2) is 122 Å². The van der Waals surface area contributed by atoms with Crippen LogP contribution in [-0.4, -0.2) is 36.1 Å². The van der Waals surface area contributed by atoms with E-state index in [9.17, 15) is 17.6 Å². The van der Waals surface area contributed by atoms with E-state index in [2.05, 4.69) is 56.6 Å². The average molecular weight is 868 g/mol. The van der Waals surface area contributed by atoms with Crippen LogP contribution in [0.25, 0.3) is 44.5 Å². The van der Waals surface area contributed by atoms with Crippen molar-refractivity contribution in [2.24, 2.45) is 4.30 Å². The van der Waals surface area contributed by atoms with Gasteiger partial charge in [-0.05, 0) is 72.8 Å². The van der Waals surface area contributed by atoms with Crippen LogP contribution in [0.2, 0.25) is 0 Å². The van der Waals surface area contributed by atoms with Crippen molar-refractivity contribution in [3.63, 3.8) is 0 Å². The summed E-state index contributed by atoms with van der Waals surface area (Å²) in [7, 11) is 10.3. The van der Waals surface area contributed by atoms with Gasteiger partial charge < -0.3 is 18.9 Å². The first kappa shape index (κ1) is 41.2. The van der Waals surface area contributed by atoms with Gasteiger partial charge in [0.1, 0.15) is 46.3 Å². The molecule has 0 atom stereocenters. The molecule has 0 bridgehead atoms. The molecule has 271 valence electrons. The van der Waals surface area contributed by atoms with Crippen LogP contribution in [-0.2, 0) is 0 Å². The van der Waals surface area contributed by atoms with E-state index in [-0.39, 0.29) is 22.3 Å². The molecule has 0 unspecified atom stereocenters. The van der Waals surface area contributed by atoms with Crippen molar-refractivity contribution >= 4 is 52.3 Å². The van der Waals surface area contributed by atoms with Crippen molar-refractivity contribution in [2.75, 3.05) is 28.4 Å². The van der Waals surface area contributed by atoms with Gasteiger partial charge in [-0.15, -0.1) is 0 Å². The summed E-state index contributed by atoms with van der Waals surface area (Å²) in [6.45, 7) is 0. The van der Waals surface area contributed by atoms with Crippen molar-refractivity contribution in [1.82, 2.24) is 0 Å². The quantitative estimate of drug-likeness (QED) is 0.0941. The van der Waals surface area contributed by atoms with Crippen LogP contribution < -0.4 is 18.9 Å². The van der Waals surface area contributed by atoms with E-state index >= 15 is 0 Å². The summed E-state index contributed by atoms with van der Waals surface area (Å²) in [5, 5.41) is 0. The molecule has 53 heavy (non-hydrogen) atoms. The van der Waals surface area contributed by atoms with Gasteiger partial charge in [0.2, 0.25) is 0 Å². The molecule has 0 aromatic heterocycles. The Kier molecular flexibility index (Phi) is 15.1. The molecule has 0 aliphatic carbocycles. The van der Waals surface area contributed by atoms with Crippen molar-refractivity contribution in [1.29, 1.82) is 0 Å². The minimum atomic E-state index is -0.556. The molecule has 0 fully saturated rings. The van der Waals surface area contributed by atoms with Gasteiger partial charge in [-0.1, -0.05) is 68.3 Å². The van der Waals surface area contributed by atoms with E-state index in [1.54, 1.807) is 84.9 Å². The van der Waals surface area contributed by atoms with Crippen LogP contribution in [0.4, 0.5) is 17.6 Å². The Labute approximate surface area is 328 Å². The van der Waals surface area contributed by atoms with E-state index < -0.39 is 23.3 Å². The molecule has 0 amide bonds. The molecule has 0 heterocycles. The molecule has 0 spiro atoms. The van der Waals surface area contributed by atoms with Gasteiger partial charge in [-0.3, -0.25) is 0 Å². The van der Waals surface area contributed by atoms with E-state index in [0.717, 1.165) is 33.2 Å². The molecule has 6 rings (SSSR count).